The van der Waals surface area contributed by atoms with Crippen LogP contribution in [0.5, 0.6) is 5.75 Å². The summed E-state index contributed by atoms with van der Waals surface area (Å²) in [6, 6.07) is 13.9. The van der Waals surface area contributed by atoms with Gasteiger partial charge in [-0.15, -0.1) is 10.2 Å². The molecule has 3 aromatic rings. The fraction of sp³-hybridized carbons (Fsp3) is 0.381. The number of ether oxygens (including phenoxy) is 2. The highest BCUT2D eigenvalue weighted by molar-refractivity contribution is 7.99. The molecule has 1 aliphatic carbocycles. The SMILES string of the molecule is O=C(CSc1nnc(COc2cccc3ccccc23)o1)OC1CCCCC1. The Hall–Kier alpha value is -2.54. The Bertz CT molecular complexity index is 932. The Labute approximate surface area is 167 Å². The third-order valence-electron chi connectivity index (χ3n) is 4.71. The van der Waals surface area contributed by atoms with Crippen molar-refractivity contribution in [3.8, 4) is 5.75 Å². The van der Waals surface area contributed by atoms with E-state index >= 15 is 0 Å². The molecule has 0 N–H and O–H groups in total. The van der Waals surface area contributed by atoms with Gasteiger partial charge in [-0.2, -0.15) is 0 Å². The topological polar surface area (TPSA) is 74.5 Å². The second-order valence-electron chi connectivity index (χ2n) is 6.77. The van der Waals surface area contributed by atoms with Crippen LogP contribution in [0.3, 0.4) is 0 Å². The van der Waals surface area contributed by atoms with Crippen LogP contribution < -0.4 is 4.74 Å². The number of aromatic nitrogens is 2. The van der Waals surface area contributed by atoms with E-state index in [2.05, 4.69) is 10.2 Å². The molecule has 146 valence electrons. The number of nitrogens with zero attached hydrogens (tertiary/aromatic N) is 2. The van der Waals surface area contributed by atoms with Gasteiger partial charge in [0.05, 0.1) is 0 Å². The predicted molar refractivity (Wildman–Crippen MR) is 106 cm³/mol. The van der Waals surface area contributed by atoms with Crippen molar-refractivity contribution in [3.63, 3.8) is 0 Å². The van der Waals surface area contributed by atoms with Gasteiger partial charge >= 0.3 is 5.97 Å². The highest BCUT2D eigenvalue weighted by Crippen LogP contribution is 2.26. The zero-order chi connectivity index (χ0) is 19.2. The van der Waals surface area contributed by atoms with Crippen molar-refractivity contribution in [2.45, 2.75) is 50.0 Å². The Kier molecular flexibility index (Phi) is 6.11. The van der Waals surface area contributed by atoms with Crippen molar-refractivity contribution < 1.29 is 18.7 Å². The monoisotopic (exact) mass is 398 g/mol. The molecule has 2 aromatic carbocycles. The molecule has 0 saturated heterocycles. The summed E-state index contributed by atoms with van der Waals surface area (Å²) in [6.45, 7) is 0.175. The van der Waals surface area contributed by atoms with Gasteiger partial charge in [0.25, 0.3) is 11.1 Å². The largest absolute Gasteiger partial charge is 0.483 e. The van der Waals surface area contributed by atoms with Crippen LogP contribution in [0, 0.1) is 0 Å². The van der Waals surface area contributed by atoms with Crippen LogP contribution in [0.25, 0.3) is 10.8 Å². The van der Waals surface area contributed by atoms with Crippen LogP contribution in [0.2, 0.25) is 0 Å². The van der Waals surface area contributed by atoms with Gasteiger partial charge < -0.3 is 13.9 Å². The van der Waals surface area contributed by atoms with E-state index in [1.54, 1.807) is 0 Å². The van der Waals surface area contributed by atoms with E-state index < -0.39 is 0 Å². The molecule has 4 rings (SSSR count). The number of esters is 1. The van der Waals surface area contributed by atoms with E-state index in [1.165, 1.54) is 18.2 Å². The highest BCUT2D eigenvalue weighted by atomic mass is 32.2. The van der Waals surface area contributed by atoms with Crippen LogP contribution in [-0.2, 0) is 16.1 Å². The summed E-state index contributed by atoms with van der Waals surface area (Å²) < 4.78 is 16.9. The number of thioether (sulfide) groups is 1. The average Bonchev–Trinajstić information content (AvgIpc) is 3.19. The molecular weight excluding hydrogens is 376 g/mol. The Balaban J connectivity index is 1.27. The summed E-state index contributed by atoms with van der Waals surface area (Å²) in [5.74, 6) is 1.07. The Morgan fingerprint density at radius 1 is 1.07 bits per heavy atom. The zero-order valence-electron chi connectivity index (χ0n) is 15.5. The first-order valence-corrected chi connectivity index (χ1v) is 10.5. The molecule has 6 nitrogen and oxygen atoms in total. The van der Waals surface area contributed by atoms with Crippen LogP contribution in [-0.4, -0.2) is 28.0 Å². The number of hydrogen-bond donors (Lipinski definition) is 0. The summed E-state index contributed by atoms with van der Waals surface area (Å²) in [4.78, 5) is 12.0. The van der Waals surface area contributed by atoms with E-state index in [4.69, 9.17) is 13.9 Å². The summed E-state index contributed by atoms with van der Waals surface area (Å²) in [6.07, 6.45) is 5.49. The first-order chi connectivity index (χ1) is 13.8. The number of carbonyl (C=O) groups excluding carboxylic acids is 1. The third kappa shape index (κ3) is 4.84. The van der Waals surface area contributed by atoms with Gasteiger partial charge in [-0.05, 0) is 37.1 Å². The lowest BCUT2D eigenvalue weighted by Crippen LogP contribution is -2.21. The molecule has 0 unspecified atom stereocenters. The van der Waals surface area contributed by atoms with Gasteiger partial charge in [0.1, 0.15) is 17.6 Å². The minimum absolute atomic E-state index is 0.0641. The van der Waals surface area contributed by atoms with E-state index in [1.807, 2.05) is 42.5 Å². The normalized spacial score (nSPS) is 14.9. The fourth-order valence-electron chi connectivity index (χ4n) is 3.34. The van der Waals surface area contributed by atoms with E-state index in [9.17, 15) is 4.79 Å². The lowest BCUT2D eigenvalue weighted by Gasteiger charge is -2.21. The van der Waals surface area contributed by atoms with Gasteiger partial charge in [0.15, 0.2) is 6.61 Å². The molecule has 1 aliphatic rings. The molecule has 0 bridgehead atoms. The van der Waals surface area contributed by atoms with E-state index in [0.717, 1.165) is 42.2 Å². The van der Waals surface area contributed by atoms with Gasteiger partial charge in [-0.25, -0.2) is 0 Å². The summed E-state index contributed by atoms with van der Waals surface area (Å²) in [5.41, 5.74) is 0. The van der Waals surface area contributed by atoms with Crippen molar-refractivity contribution in [2.75, 3.05) is 5.75 Å². The number of hydrogen-bond acceptors (Lipinski definition) is 7. The average molecular weight is 398 g/mol. The minimum Gasteiger partial charge on any atom is -0.483 e. The number of rotatable bonds is 7. The van der Waals surface area contributed by atoms with Crippen LogP contribution in [0.4, 0.5) is 0 Å². The molecule has 0 spiro atoms. The standard InChI is InChI=1S/C21H22N2O4S/c24-20(26-16-9-2-1-3-10-16)14-28-21-23-22-19(27-21)13-25-18-12-6-8-15-7-4-5-11-17(15)18/h4-8,11-12,16H,1-3,9-10,13-14H2. The smallest absolute Gasteiger partial charge is 0.316 e. The molecular formula is C21H22N2O4S. The van der Waals surface area contributed by atoms with Crippen molar-refractivity contribution in [1.29, 1.82) is 0 Å². The molecule has 1 aromatic heterocycles. The maximum atomic E-state index is 12.0. The summed E-state index contributed by atoms with van der Waals surface area (Å²) in [5, 5.41) is 10.4. The lowest BCUT2D eigenvalue weighted by atomic mass is 9.98. The number of fused-ring (bicyclic) bond motifs is 1. The van der Waals surface area contributed by atoms with Crippen LogP contribution in [0.15, 0.2) is 52.1 Å². The number of benzene rings is 2. The lowest BCUT2D eigenvalue weighted by molar-refractivity contribution is -0.147. The minimum atomic E-state index is -0.233. The van der Waals surface area contributed by atoms with Crippen LogP contribution in [0.1, 0.15) is 38.0 Å². The quantitative estimate of drug-likeness (QED) is 0.419. The van der Waals surface area contributed by atoms with Crippen molar-refractivity contribution in [3.05, 3.63) is 48.4 Å². The molecule has 7 heteroatoms. The molecule has 0 atom stereocenters. The maximum absolute atomic E-state index is 12.0. The fourth-order valence-corrected chi connectivity index (χ4v) is 3.90. The molecule has 1 heterocycles. The van der Waals surface area contributed by atoms with Gasteiger partial charge in [0.2, 0.25) is 0 Å². The molecule has 0 amide bonds. The second-order valence-corrected chi connectivity index (χ2v) is 7.69. The van der Waals surface area contributed by atoms with Crippen LogP contribution >= 0.6 is 11.8 Å². The van der Waals surface area contributed by atoms with E-state index in [-0.39, 0.29) is 24.4 Å². The number of carbonyl (C=O) groups is 1. The van der Waals surface area contributed by atoms with Gasteiger partial charge in [0, 0.05) is 5.39 Å². The maximum Gasteiger partial charge on any atom is 0.316 e. The highest BCUT2D eigenvalue weighted by Gasteiger charge is 2.18. The molecule has 1 saturated carbocycles. The first kappa shape index (κ1) is 18.8. The first-order valence-electron chi connectivity index (χ1n) is 9.53. The summed E-state index contributed by atoms with van der Waals surface area (Å²) in [7, 11) is 0. The van der Waals surface area contributed by atoms with Crippen molar-refractivity contribution in [2.24, 2.45) is 0 Å². The zero-order valence-corrected chi connectivity index (χ0v) is 16.3. The van der Waals surface area contributed by atoms with E-state index in [0.29, 0.717) is 11.1 Å². The third-order valence-corrected chi connectivity index (χ3v) is 5.50. The summed E-state index contributed by atoms with van der Waals surface area (Å²) >= 11 is 1.19. The molecule has 0 aliphatic heterocycles. The second kappa shape index (κ2) is 9.10. The molecule has 0 radical (unpaired) electrons. The Morgan fingerprint density at radius 2 is 1.89 bits per heavy atom. The predicted octanol–water partition coefficient (Wildman–Crippen LogP) is 4.77. The molecule has 1 fully saturated rings. The van der Waals surface area contributed by atoms with Gasteiger partial charge in [-0.3, -0.25) is 4.79 Å². The molecule has 28 heavy (non-hydrogen) atoms. The van der Waals surface area contributed by atoms with Crippen molar-refractivity contribution >= 4 is 28.5 Å². The van der Waals surface area contributed by atoms with Crippen molar-refractivity contribution in [1.82, 2.24) is 10.2 Å². The Morgan fingerprint density at radius 3 is 2.79 bits per heavy atom. The van der Waals surface area contributed by atoms with Gasteiger partial charge in [-0.1, -0.05) is 54.6 Å².